The number of hydrogen-bond donors (Lipinski definition) is 1. The lowest BCUT2D eigenvalue weighted by Gasteiger charge is -1.71. The van der Waals surface area contributed by atoms with Gasteiger partial charge in [0.05, 0.1) is 0 Å². The number of rotatable bonds is 3. The Morgan fingerprint density at radius 3 is 2.75 bits per heavy atom. The van der Waals surface area contributed by atoms with Gasteiger partial charge in [-0.3, -0.25) is 5.41 Å². The van der Waals surface area contributed by atoms with Gasteiger partial charge in [-0.05, 0) is 6.42 Å². The summed E-state index contributed by atoms with van der Waals surface area (Å²) in [5.74, 6) is 0. The van der Waals surface area contributed by atoms with Gasteiger partial charge in [-0.25, -0.2) is 9.98 Å². The minimum Gasteiger partial charge on any atom is -0.289 e. The van der Waals surface area contributed by atoms with Gasteiger partial charge in [0.15, 0.2) is 0 Å². The second-order valence-electron chi connectivity index (χ2n) is 1.13. The Labute approximate surface area is 48.7 Å². The molecule has 0 rings (SSSR count). The minimum absolute atomic E-state index is 0.907. The Balaban J connectivity index is 3.26. The highest BCUT2D eigenvalue weighted by Crippen LogP contribution is 1.65. The van der Waals surface area contributed by atoms with Crippen molar-refractivity contribution in [3.63, 3.8) is 0 Å². The van der Waals surface area contributed by atoms with Gasteiger partial charge in [0.2, 0.25) is 0 Å². The zero-order valence-corrected chi connectivity index (χ0v) is 4.83. The molecule has 0 radical (unpaired) electrons. The molecule has 0 aliphatic heterocycles. The van der Waals surface area contributed by atoms with Gasteiger partial charge < -0.3 is 0 Å². The van der Waals surface area contributed by atoms with E-state index in [2.05, 4.69) is 9.98 Å². The molecule has 0 heterocycles. The van der Waals surface area contributed by atoms with Crippen molar-refractivity contribution in [2.24, 2.45) is 9.98 Å². The lowest BCUT2D eigenvalue weighted by Crippen LogP contribution is -1.69. The molecule has 0 aliphatic carbocycles. The third kappa shape index (κ3) is 5.01. The molecular formula is C5H9N3. The first-order chi connectivity index (χ1) is 3.91. The average molecular weight is 111 g/mol. The van der Waals surface area contributed by atoms with Crippen LogP contribution in [0.25, 0.3) is 0 Å². The van der Waals surface area contributed by atoms with Crippen LogP contribution in [0.15, 0.2) is 9.98 Å². The fourth-order valence-corrected chi connectivity index (χ4v) is 0.224. The average Bonchev–Trinajstić information content (AvgIpc) is 1.81. The van der Waals surface area contributed by atoms with Crippen molar-refractivity contribution in [1.29, 1.82) is 5.41 Å². The van der Waals surface area contributed by atoms with Crippen LogP contribution in [0.1, 0.15) is 13.3 Å². The summed E-state index contributed by atoms with van der Waals surface area (Å²) in [6, 6.07) is 0. The van der Waals surface area contributed by atoms with Crippen LogP contribution in [-0.2, 0) is 0 Å². The lowest BCUT2D eigenvalue weighted by molar-refractivity contribution is 1.32. The molecule has 8 heavy (non-hydrogen) atoms. The lowest BCUT2D eigenvalue weighted by atomic mass is 10.5. The third-order valence-electron chi connectivity index (χ3n) is 0.496. The zero-order chi connectivity index (χ0) is 6.24. The summed E-state index contributed by atoms with van der Waals surface area (Å²) in [5, 5.41) is 6.44. The van der Waals surface area contributed by atoms with Crippen LogP contribution in [0.4, 0.5) is 0 Å². The van der Waals surface area contributed by atoms with E-state index in [0.29, 0.717) is 0 Å². The summed E-state index contributed by atoms with van der Waals surface area (Å²) in [6.45, 7) is 1.99. The molecule has 0 bridgehead atoms. The maximum Gasteiger partial charge on any atom is 0.116 e. The first-order valence-corrected chi connectivity index (χ1v) is 2.44. The van der Waals surface area contributed by atoms with Crippen molar-refractivity contribution < 1.29 is 0 Å². The Morgan fingerprint density at radius 1 is 1.50 bits per heavy atom. The Bertz CT molecular complexity index is 104. The minimum atomic E-state index is 0.907. The van der Waals surface area contributed by atoms with Crippen LogP contribution in [0, 0.1) is 5.41 Å². The van der Waals surface area contributed by atoms with E-state index >= 15 is 0 Å². The van der Waals surface area contributed by atoms with Crippen molar-refractivity contribution in [3.05, 3.63) is 0 Å². The Hall–Kier alpha value is -0.990. The molecule has 0 fully saturated rings. The van der Waals surface area contributed by atoms with Crippen molar-refractivity contribution >= 4 is 18.9 Å². The molecule has 0 unspecified atom stereocenters. The topological polar surface area (TPSA) is 48.6 Å². The summed E-state index contributed by atoms with van der Waals surface area (Å²) in [6.07, 6.45) is 4.93. The van der Waals surface area contributed by atoms with E-state index in [1.165, 1.54) is 6.34 Å². The van der Waals surface area contributed by atoms with E-state index in [1.54, 1.807) is 6.21 Å². The molecule has 44 valence electrons. The van der Waals surface area contributed by atoms with Gasteiger partial charge in [0, 0.05) is 6.21 Å². The Morgan fingerprint density at radius 2 is 2.25 bits per heavy atom. The predicted octanol–water partition coefficient (Wildman–Crippen LogP) is 1.10. The van der Waals surface area contributed by atoms with Crippen LogP contribution in [0.5, 0.6) is 0 Å². The molecule has 3 nitrogen and oxygen atoms in total. The monoisotopic (exact) mass is 111 g/mol. The molecule has 0 aliphatic rings. The van der Waals surface area contributed by atoms with E-state index in [0.717, 1.165) is 12.8 Å². The summed E-state index contributed by atoms with van der Waals surface area (Å²) in [5.41, 5.74) is 0. The Kier molecular flexibility index (Phi) is 5.27. The number of nitrogens with one attached hydrogen (secondary N) is 1. The third-order valence-corrected chi connectivity index (χ3v) is 0.496. The van der Waals surface area contributed by atoms with E-state index < -0.39 is 0 Å². The van der Waals surface area contributed by atoms with Crippen LogP contribution in [-0.4, -0.2) is 18.9 Å². The van der Waals surface area contributed by atoms with E-state index in [9.17, 15) is 0 Å². The fraction of sp³-hybridized carbons (Fsp3) is 0.400. The van der Waals surface area contributed by atoms with Gasteiger partial charge in [-0.15, -0.1) is 0 Å². The summed E-state index contributed by atoms with van der Waals surface area (Å²) < 4.78 is 0. The standard InChI is InChI=1S/C5H9N3/c1-2-3-7-5-8-4-6/h3-6H,2H2,1H3. The first kappa shape index (κ1) is 7.01. The molecule has 0 spiro atoms. The quantitative estimate of drug-likeness (QED) is 0.419. The van der Waals surface area contributed by atoms with Gasteiger partial charge >= 0.3 is 0 Å². The van der Waals surface area contributed by atoms with Crippen LogP contribution in [0.2, 0.25) is 0 Å². The number of aliphatic imine (C=N–C) groups is 2. The van der Waals surface area contributed by atoms with E-state index in [4.69, 9.17) is 5.41 Å². The molecule has 0 saturated heterocycles. The van der Waals surface area contributed by atoms with Gasteiger partial charge in [-0.2, -0.15) is 0 Å². The zero-order valence-electron chi connectivity index (χ0n) is 4.83. The van der Waals surface area contributed by atoms with Crippen molar-refractivity contribution in [2.75, 3.05) is 0 Å². The van der Waals surface area contributed by atoms with Gasteiger partial charge in [0.25, 0.3) is 0 Å². The van der Waals surface area contributed by atoms with Gasteiger partial charge in [0.1, 0.15) is 12.7 Å². The highest BCUT2D eigenvalue weighted by atomic mass is 14.9. The number of nitrogens with zero attached hydrogens (tertiary/aromatic N) is 2. The van der Waals surface area contributed by atoms with Crippen molar-refractivity contribution in [1.82, 2.24) is 0 Å². The first-order valence-electron chi connectivity index (χ1n) is 2.44. The molecular weight excluding hydrogens is 102 g/mol. The van der Waals surface area contributed by atoms with Crippen LogP contribution >= 0.6 is 0 Å². The second kappa shape index (κ2) is 6.01. The molecule has 3 heteroatoms. The normalized spacial score (nSPS) is 11.1. The maximum atomic E-state index is 6.44. The molecule has 0 aromatic heterocycles. The van der Waals surface area contributed by atoms with Gasteiger partial charge in [-0.1, -0.05) is 6.92 Å². The SMILES string of the molecule is CCC=NC=NC=N. The van der Waals surface area contributed by atoms with E-state index in [1.807, 2.05) is 6.92 Å². The molecule has 0 aromatic carbocycles. The molecule has 1 N–H and O–H groups in total. The largest absolute Gasteiger partial charge is 0.289 e. The number of hydrogen-bond acceptors (Lipinski definition) is 1. The van der Waals surface area contributed by atoms with Crippen molar-refractivity contribution in [3.8, 4) is 0 Å². The van der Waals surface area contributed by atoms with E-state index in [-0.39, 0.29) is 0 Å². The highest BCUT2D eigenvalue weighted by Gasteiger charge is 1.60. The molecule has 0 saturated carbocycles. The molecule has 0 aromatic rings. The highest BCUT2D eigenvalue weighted by molar-refractivity contribution is 5.77. The second-order valence-corrected chi connectivity index (χ2v) is 1.13. The maximum absolute atomic E-state index is 6.44. The fourth-order valence-electron chi connectivity index (χ4n) is 0.224. The molecule has 0 atom stereocenters. The molecule has 0 amide bonds. The predicted molar refractivity (Wildman–Crippen MR) is 36.1 cm³/mol. The smallest absolute Gasteiger partial charge is 0.116 e. The summed E-state index contributed by atoms with van der Waals surface area (Å²) in [7, 11) is 0. The van der Waals surface area contributed by atoms with Crippen LogP contribution < -0.4 is 0 Å². The summed E-state index contributed by atoms with van der Waals surface area (Å²) in [4.78, 5) is 7.14. The van der Waals surface area contributed by atoms with Crippen molar-refractivity contribution in [2.45, 2.75) is 13.3 Å². The summed E-state index contributed by atoms with van der Waals surface area (Å²) >= 11 is 0. The van der Waals surface area contributed by atoms with Crippen LogP contribution in [0.3, 0.4) is 0 Å².